The molecule has 2 heterocycles. The Bertz CT molecular complexity index is 562. The van der Waals surface area contributed by atoms with Gasteiger partial charge in [0, 0.05) is 37.5 Å². The number of carbonyl (C=O) groups is 1. The minimum atomic E-state index is -3.53. The highest BCUT2D eigenvalue weighted by atomic mass is 32.2. The van der Waals surface area contributed by atoms with Gasteiger partial charge in [-0.25, -0.2) is 13.1 Å². The summed E-state index contributed by atoms with van der Waals surface area (Å²) < 4.78 is 26.7. The predicted molar refractivity (Wildman–Crippen MR) is 77.8 cm³/mol. The van der Waals surface area contributed by atoms with Crippen molar-refractivity contribution >= 4 is 27.3 Å². The normalized spacial score (nSPS) is 15.8. The molecule has 112 valence electrons. The van der Waals surface area contributed by atoms with Gasteiger partial charge >= 0.3 is 0 Å². The Morgan fingerprint density at radius 2 is 2.05 bits per heavy atom. The summed E-state index contributed by atoms with van der Waals surface area (Å²) in [6.07, 6.45) is 2.28. The lowest BCUT2D eigenvalue weighted by Crippen LogP contribution is -2.32. The molecule has 0 saturated carbocycles. The van der Waals surface area contributed by atoms with Gasteiger partial charge in [0.1, 0.15) is 4.21 Å². The molecule has 1 fully saturated rings. The Hall–Kier alpha value is -0.960. The second-order valence-electron chi connectivity index (χ2n) is 4.66. The summed E-state index contributed by atoms with van der Waals surface area (Å²) in [6.45, 7) is 2.04. The molecule has 20 heavy (non-hydrogen) atoms. The first kappa shape index (κ1) is 15.4. The van der Waals surface area contributed by atoms with Crippen LogP contribution in [0.25, 0.3) is 0 Å². The van der Waals surface area contributed by atoms with Gasteiger partial charge in [-0.15, -0.1) is 11.3 Å². The second kappa shape index (κ2) is 6.66. The standard InChI is InChI=1S/C12H19N3O3S2/c13-9-10-3-4-12(19-10)20(17,18)14-6-5-11(16)15-7-1-2-8-15/h3-4,14H,1-2,5-9,13H2. The molecule has 0 aromatic carbocycles. The maximum atomic E-state index is 12.0. The van der Waals surface area contributed by atoms with Crippen LogP contribution in [0.3, 0.4) is 0 Å². The molecule has 0 unspecified atom stereocenters. The zero-order chi connectivity index (χ0) is 14.6. The van der Waals surface area contributed by atoms with Crippen LogP contribution in [-0.2, 0) is 21.4 Å². The molecule has 1 aromatic rings. The number of nitrogens with zero attached hydrogens (tertiary/aromatic N) is 1. The molecule has 6 nitrogen and oxygen atoms in total. The van der Waals surface area contributed by atoms with Crippen LogP contribution in [0.5, 0.6) is 0 Å². The zero-order valence-corrected chi connectivity index (χ0v) is 12.8. The van der Waals surface area contributed by atoms with E-state index in [2.05, 4.69) is 4.72 Å². The van der Waals surface area contributed by atoms with E-state index in [-0.39, 0.29) is 23.1 Å². The molecular formula is C12H19N3O3S2. The fraction of sp³-hybridized carbons (Fsp3) is 0.583. The third-order valence-electron chi connectivity index (χ3n) is 3.19. The predicted octanol–water partition coefficient (Wildman–Crippen LogP) is 0.498. The summed E-state index contributed by atoms with van der Waals surface area (Å²) in [6, 6.07) is 3.24. The van der Waals surface area contributed by atoms with Gasteiger partial charge in [-0.05, 0) is 25.0 Å². The number of nitrogens with one attached hydrogen (secondary N) is 1. The van der Waals surface area contributed by atoms with E-state index in [1.807, 2.05) is 0 Å². The number of amides is 1. The molecule has 8 heteroatoms. The van der Waals surface area contributed by atoms with Crippen LogP contribution in [0.4, 0.5) is 0 Å². The van der Waals surface area contributed by atoms with E-state index >= 15 is 0 Å². The van der Waals surface area contributed by atoms with Crippen molar-refractivity contribution in [3.8, 4) is 0 Å². The van der Waals surface area contributed by atoms with Crippen LogP contribution in [0, 0.1) is 0 Å². The summed E-state index contributed by atoms with van der Waals surface area (Å²) in [7, 11) is -3.53. The smallest absolute Gasteiger partial charge is 0.250 e. The summed E-state index contributed by atoms with van der Waals surface area (Å²) in [5, 5.41) is 0. The average Bonchev–Trinajstić information content (AvgIpc) is 3.10. The Morgan fingerprint density at radius 1 is 1.35 bits per heavy atom. The molecule has 0 aliphatic carbocycles. The molecular weight excluding hydrogens is 298 g/mol. The third-order valence-corrected chi connectivity index (χ3v) is 6.25. The van der Waals surface area contributed by atoms with E-state index < -0.39 is 10.0 Å². The summed E-state index contributed by atoms with van der Waals surface area (Å²) in [4.78, 5) is 14.4. The number of nitrogens with two attached hydrogens (primary N) is 1. The first-order chi connectivity index (χ1) is 9.53. The average molecular weight is 317 g/mol. The van der Waals surface area contributed by atoms with Crippen LogP contribution in [0.1, 0.15) is 24.1 Å². The van der Waals surface area contributed by atoms with Crippen LogP contribution < -0.4 is 10.5 Å². The van der Waals surface area contributed by atoms with Gasteiger partial charge < -0.3 is 10.6 Å². The Kier molecular flexibility index (Phi) is 5.14. The van der Waals surface area contributed by atoms with Gasteiger partial charge in [-0.3, -0.25) is 4.79 Å². The van der Waals surface area contributed by atoms with Crippen molar-refractivity contribution in [1.29, 1.82) is 0 Å². The lowest BCUT2D eigenvalue weighted by molar-refractivity contribution is -0.129. The fourth-order valence-electron chi connectivity index (χ4n) is 2.10. The van der Waals surface area contributed by atoms with E-state index in [1.165, 1.54) is 6.07 Å². The van der Waals surface area contributed by atoms with Crippen molar-refractivity contribution < 1.29 is 13.2 Å². The fourth-order valence-corrected chi connectivity index (χ4v) is 4.41. The number of thiophene rings is 1. The minimum Gasteiger partial charge on any atom is -0.343 e. The molecule has 1 saturated heterocycles. The molecule has 1 aromatic heterocycles. The van der Waals surface area contributed by atoms with Gasteiger partial charge in [0.2, 0.25) is 15.9 Å². The molecule has 0 spiro atoms. The molecule has 1 aliphatic heterocycles. The van der Waals surface area contributed by atoms with Crippen molar-refractivity contribution in [2.45, 2.75) is 30.0 Å². The maximum absolute atomic E-state index is 12.0. The van der Waals surface area contributed by atoms with Gasteiger partial charge in [-0.1, -0.05) is 0 Å². The minimum absolute atomic E-state index is 0.0130. The summed E-state index contributed by atoms with van der Waals surface area (Å²) >= 11 is 1.15. The van der Waals surface area contributed by atoms with Crippen LogP contribution in [-0.4, -0.2) is 38.9 Å². The number of hydrogen-bond acceptors (Lipinski definition) is 5. The van der Waals surface area contributed by atoms with Crippen molar-refractivity contribution in [2.24, 2.45) is 5.73 Å². The van der Waals surface area contributed by atoms with Gasteiger partial charge in [0.25, 0.3) is 0 Å². The lowest BCUT2D eigenvalue weighted by Gasteiger charge is -2.15. The SMILES string of the molecule is NCc1ccc(S(=O)(=O)NCCC(=O)N2CCCC2)s1. The Labute approximate surface area is 123 Å². The van der Waals surface area contributed by atoms with E-state index in [9.17, 15) is 13.2 Å². The molecule has 0 atom stereocenters. The topological polar surface area (TPSA) is 92.5 Å². The largest absolute Gasteiger partial charge is 0.343 e. The number of likely N-dealkylation sites (tertiary alicyclic amines) is 1. The van der Waals surface area contributed by atoms with Gasteiger partial charge in [-0.2, -0.15) is 0 Å². The van der Waals surface area contributed by atoms with E-state index in [1.54, 1.807) is 11.0 Å². The Balaban J connectivity index is 1.84. The maximum Gasteiger partial charge on any atom is 0.250 e. The molecule has 1 amide bonds. The number of rotatable bonds is 6. The van der Waals surface area contributed by atoms with Crippen LogP contribution >= 0.6 is 11.3 Å². The summed E-state index contributed by atoms with van der Waals surface area (Å²) in [5.41, 5.74) is 5.46. The van der Waals surface area contributed by atoms with Crippen LogP contribution in [0.15, 0.2) is 16.3 Å². The molecule has 1 aliphatic rings. The highest BCUT2D eigenvalue weighted by molar-refractivity contribution is 7.91. The molecule has 3 N–H and O–H groups in total. The monoisotopic (exact) mass is 317 g/mol. The van der Waals surface area contributed by atoms with Crippen molar-refractivity contribution in [2.75, 3.05) is 19.6 Å². The van der Waals surface area contributed by atoms with E-state index in [4.69, 9.17) is 5.73 Å². The van der Waals surface area contributed by atoms with Crippen LogP contribution in [0.2, 0.25) is 0 Å². The lowest BCUT2D eigenvalue weighted by atomic mass is 10.4. The molecule has 0 bridgehead atoms. The molecule has 0 radical (unpaired) electrons. The first-order valence-electron chi connectivity index (χ1n) is 6.59. The molecule has 2 rings (SSSR count). The zero-order valence-electron chi connectivity index (χ0n) is 11.2. The van der Waals surface area contributed by atoms with Crippen molar-refractivity contribution in [3.63, 3.8) is 0 Å². The third kappa shape index (κ3) is 3.78. The first-order valence-corrected chi connectivity index (χ1v) is 8.89. The van der Waals surface area contributed by atoms with Crippen molar-refractivity contribution in [1.82, 2.24) is 9.62 Å². The number of sulfonamides is 1. The van der Waals surface area contributed by atoms with Crippen molar-refractivity contribution in [3.05, 3.63) is 17.0 Å². The quantitative estimate of drug-likeness (QED) is 0.799. The number of carbonyl (C=O) groups excluding carboxylic acids is 1. The number of hydrogen-bond donors (Lipinski definition) is 2. The van der Waals surface area contributed by atoms with Gasteiger partial charge in [0.15, 0.2) is 0 Å². The van der Waals surface area contributed by atoms with E-state index in [0.29, 0.717) is 6.54 Å². The second-order valence-corrected chi connectivity index (χ2v) is 7.82. The highest BCUT2D eigenvalue weighted by Crippen LogP contribution is 2.20. The Morgan fingerprint density at radius 3 is 2.65 bits per heavy atom. The highest BCUT2D eigenvalue weighted by Gasteiger charge is 2.20. The van der Waals surface area contributed by atoms with Gasteiger partial charge in [0.05, 0.1) is 0 Å². The van der Waals surface area contributed by atoms with E-state index in [0.717, 1.165) is 42.1 Å². The summed E-state index contributed by atoms with van der Waals surface area (Å²) in [5.74, 6) is 0.0130.